The second-order valence-electron chi connectivity index (χ2n) is 5.64. The predicted octanol–water partition coefficient (Wildman–Crippen LogP) is 4.29. The molecule has 1 N–H and O–H groups in total. The molecule has 0 aliphatic heterocycles. The Hall–Kier alpha value is -2.26. The summed E-state index contributed by atoms with van der Waals surface area (Å²) in [4.78, 5) is 0. The molecule has 122 valence electrons. The van der Waals surface area contributed by atoms with Gasteiger partial charge in [0.2, 0.25) is 0 Å². The van der Waals surface area contributed by atoms with Crippen LogP contribution in [0.1, 0.15) is 36.6 Å². The number of aliphatic hydroxyl groups excluding tert-OH is 1. The molecule has 0 aliphatic rings. The van der Waals surface area contributed by atoms with Gasteiger partial charge in [-0.3, -0.25) is 0 Å². The highest BCUT2D eigenvalue weighted by Gasteiger charge is 2.21. The molecule has 3 heteroatoms. The molecule has 2 aromatic rings. The first-order valence-electron chi connectivity index (χ1n) is 7.78. The zero-order chi connectivity index (χ0) is 16.8. The summed E-state index contributed by atoms with van der Waals surface area (Å²) in [6.45, 7) is 7.77. The molecule has 0 amide bonds. The summed E-state index contributed by atoms with van der Waals surface area (Å²) in [6, 6.07) is 13.3. The lowest BCUT2D eigenvalue weighted by molar-refractivity contribution is 0.211. The Kier molecular flexibility index (Phi) is 5.83. The number of methoxy groups -OCH3 is 1. The Morgan fingerprint density at radius 3 is 2.39 bits per heavy atom. The van der Waals surface area contributed by atoms with Crippen LogP contribution in [0, 0.1) is 0 Å². The van der Waals surface area contributed by atoms with Gasteiger partial charge in [0.1, 0.15) is 6.10 Å². The van der Waals surface area contributed by atoms with Gasteiger partial charge in [0.05, 0.1) is 13.2 Å². The van der Waals surface area contributed by atoms with Crippen LogP contribution in [0.5, 0.6) is 11.5 Å². The van der Waals surface area contributed by atoms with E-state index in [-0.39, 0.29) is 6.10 Å². The van der Waals surface area contributed by atoms with Crippen molar-refractivity contribution in [2.75, 3.05) is 7.11 Å². The van der Waals surface area contributed by atoms with Gasteiger partial charge in [-0.25, -0.2) is 0 Å². The fourth-order valence-electron chi connectivity index (χ4n) is 2.57. The highest BCUT2D eigenvalue weighted by atomic mass is 16.5. The number of benzene rings is 2. The average molecular weight is 312 g/mol. The summed E-state index contributed by atoms with van der Waals surface area (Å²) in [5.74, 6) is 1.34. The van der Waals surface area contributed by atoms with Crippen LogP contribution in [0.2, 0.25) is 0 Å². The third-order valence-electron chi connectivity index (χ3n) is 3.59. The zero-order valence-electron chi connectivity index (χ0n) is 14.0. The minimum atomic E-state index is -0.716. The first-order chi connectivity index (χ1) is 11.1. The molecular formula is C20H24O3. The highest BCUT2D eigenvalue weighted by Crippen LogP contribution is 2.38. The lowest BCUT2D eigenvalue weighted by atomic mass is 9.94. The van der Waals surface area contributed by atoms with Crippen molar-refractivity contribution in [1.29, 1.82) is 0 Å². The largest absolute Gasteiger partial charge is 0.493 e. The molecule has 0 heterocycles. The van der Waals surface area contributed by atoms with E-state index < -0.39 is 6.10 Å². The number of hydrogen-bond acceptors (Lipinski definition) is 3. The molecule has 0 radical (unpaired) electrons. The third kappa shape index (κ3) is 3.93. The molecule has 1 unspecified atom stereocenters. The van der Waals surface area contributed by atoms with Gasteiger partial charge >= 0.3 is 0 Å². The van der Waals surface area contributed by atoms with Gasteiger partial charge in [0.15, 0.2) is 11.5 Å². The van der Waals surface area contributed by atoms with Gasteiger partial charge in [-0.1, -0.05) is 42.5 Å². The zero-order valence-corrected chi connectivity index (χ0v) is 14.0. The topological polar surface area (TPSA) is 38.7 Å². The molecule has 0 saturated carbocycles. The fourth-order valence-corrected chi connectivity index (χ4v) is 2.57. The molecule has 3 nitrogen and oxygen atoms in total. The quantitative estimate of drug-likeness (QED) is 0.775. The summed E-state index contributed by atoms with van der Waals surface area (Å²) < 4.78 is 11.4. The summed E-state index contributed by atoms with van der Waals surface area (Å²) in [7, 11) is 1.62. The minimum absolute atomic E-state index is 0.0107. The van der Waals surface area contributed by atoms with E-state index in [0.29, 0.717) is 17.9 Å². The standard InChI is InChI=1S/C20H24O3/c1-5-9-17-16(19(21)15-10-7-6-8-11-15)12-13-18(22-4)20(17)23-14(2)3/h5-8,10-14,19,21H,1,9H2,2-4H3. The van der Waals surface area contributed by atoms with Crippen molar-refractivity contribution in [3.8, 4) is 11.5 Å². The number of hydrogen-bond donors (Lipinski definition) is 1. The van der Waals surface area contributed by atoms with Crippen molar-refractivity contribution < 1.29 is 14.6 Å². The SMILES string of the molecule is C=CCc1c(C(O)c2ccccc2)ccc(OC)c1OC(C)C. The Morgan fingerprint density at radius 2 is 1.83 bits per heavy atom. The van der Waals surface area contributed by atoms with Crippen LogP contribution in [0.25, 0.3) is 0 Å². The third-order valence-corrected chi connectivity index (χ3v) is 3.59. The maximum Gasteiger partial charge on any atom is 0.165 e. The average Bonchev–Trinajstić information content (AvgIpc) is 2.56. The van der Waals surface area contributed by atoms with E-state index in [1.807, 2.05) is 62.4 Å². The van der Waals surface area contributed by atoms with Crippen molar-refractivity contribution in [3.05, 3.63) is 71.8 Å². The van der Waals surface area contributed by atoms with Gasteiger partial charge in [0, 0.05) is 5.56 Å². The number of rotatable bonds is 7. The fraction of sp³-hybridized carbons (Fsp3) is 0.300. The molecular weight excluding hydrogens is 288 g/mol. The maximum atomic E-state index is 10.8. The van der Waals surface area contributed by atoms with Crippen molar-refractivity contribution in [2.24, 2.45) is 0 Å². The van der Waals surface area contributed by atoms with E-state index in [4.69, 9.17) is 9.47 Å². The molecule has 1 atom stereocenters. The van der Waals surface area contributed by atoms with E-state index in [9.17, 15) is 5.11 Å². The molecule has 0 aliphatic carbocycles. The summed E-state index contributed by atoms with van der Waals surface area (Å²) in [5, 5.41) is 10.8. The normalized spacial score (nSPS) is 12.0. The van der Waals surface area contributed by atoms with Crippen molar-refractivity contribution >= 4 is 0 Å². The molecule has 2 aromatic carbocycles. The van der Waals surface area contributed by atoms with E-state index >= 15 is 0 Å². The Balaban J connectivity index is 2.56. The number of allylic oxidation sites excluding steroid dienone is 1. The van der Waals surface area contributed by atoms with Crippen LogP contribution in [0.15, 0.2) is 55.1 Å². The molecule has 2 rings (SSSR count). The summed E-state index contributed by atoms with van der Waals surface area (Å²) >= 11 is 0. The number of aliphatic hydroxyl groups is 1. The smallest absolute Gasteiger partial charge is 0.165 e. The first kappa shape index (κ1) is 17.1. The Labute approximate surface area is 138 Å². The van der Waals surface area contributed by atoms with Gasteiger partial charge in [-0.2, -0.15) is 0 Å². The van der Waals surface area contributed by atoms with Crippen LogP contribution < -0.4 is 9.47 Å². The number of ether oxygens (including phenoxy) is 2. The molecule has 0 saturated heterocycles. The molecule has 23 heavy (non-hydrogen) atoms. The summed E-state index contributed by atoms with van der Waals surface area (Å²) in [5.41, 5.74) is 2.57. The Bertz CT molecular complexity index is 647. The first-order valence-corrected chi connectivity index (χ1v) is 7.78. The minimum Gasteiger partial charge on any atom is -0.493 e. The van der Waals surface area contributed by atoms with Gasteiger partial charge in [0.25, 0.3) is 0 Å². The van der Waals surface area contributed by atoms with Gasteiger partial charge in [-0.05, 0) is 37.5 Å². The van der Waals surface area contributed by atoms with E-state index in [1.54, 1.807) is 7.11 Å². The molecule has 0 bridgehead atoms. The second kappa shape index (κ2) is 7.84. The molecule has 0 fully saturated rings. The predicted molar refractivity (Wildman–Crippen MR) is 93.2 cm³/mol. The van der Waals surface area contributed by atoms with Crippen molar-refractivity contribution in [2.45, 2.75) is 32.5 Å². The highest BCUT2D eigenvalue weighted by molar-refractivity contribution is 5.53. The van der Waals surface area contributed by atoms with Crippen LogP contribution in [-0.4, -0.2) is 18.3 Å². The van der Waals surface area contributed by atoms with E-state index in [1.165, 1.54) is 0 Å². The lowest BCUT2D eigenvalue weighted by Gasteiger charge is -2.22. The van der Waals surface area contributed by atoms with E-state index in [2.05, 4.69) is 6.58 Å². The van der Waals surface area contributed by atoms with Crippen LogP contribution in [-0.2, 0) is 6.42 Å². The monoisotopic (exact) mass is 312 g/mol. The van der Waals surface area contributed by atoms with Crippen LogP contribution in [0.4, 0.5) is 0 Å². The second-order valence-corrected chi connectivity index (χ2v) is 5.64. The van der Waals surface area contributed by atoms with Crippen LogP contribution in [0.3, 0.4) is 0 Å². The molecule has 0 spiro atoms. The van der Waals surface area contributed by atoms with Crippen molar-refractivity contribution in [3.63, 3.8) is 0 Å². The molecule has 0 aromatic heterocycles. The lowest BCUT2D eigenvalue weighted by Crippen LogP contribution is -2.12. The van der Waals surface area contributed by atoms with Crippen molar-refractivity contribution in [1.82, 2.24) is 0 Å². The van der Waals surface area contributed by atoms with E-state index in [0.717, 1.165) is 16.7 Å². The maximum absolute atomic E-state index is 10.8. The van der Waals surface area contributed by atoms with Gasteiger partial charge < -0.3 is 14.6 Å². The van der Waals surface area contributed by atoms with Gasteiger partial charge in [-0.15, -0.1) is 6.58 Å². The van der Waals surface area contributed by atoms with Crippen LogP contribution >= 0.6 is 0 Å². The Morgan fingerprint density at radius 1 is 1.13 bits per heavy atom. The summed E-state index contributed by atoms with van der Waals surface area (Å²) in [6.07, 6.45) is 1.70.